The zero-order valence-electron chi connectivity index (χ0n) is 11.2. The van der Waals surface area contributed by atoms with Crippen molar-refractivity contribution in [3.8, 4) is 0 Å². The number of halogens is 6. The van der Waals surface area contributed by atoms with Crippen LogP contribution in [0.15, 0.2) is 16.6 Å². The van der Waals surface area contributed by atoms with Crippen LogP contribution in [0.1, 0.15) is 29.7 Å². The van der Waals surface area contributed by atoms with Crippen molar-refractivity contribution in [2.75, 3.05) is 6.54 Å². The molecule has 1 rings (SSSR count). The number of hydrogen-bond acceptors (Lipinski definition) is 1. The minimum Gasteiger partial charge on any atom is -0.305 e. The molecule has 7 heteroatoms. The van der Waals surface area contributed by atoms with E-state index in [1.54, 1.807) is 13.0 Å². The van der Waals surface area contributed by atoms with Crippen LogP contribution in [0.4, 0.5) is 22.0 Å². The highest BCUT2D eigenvalue weighted by Gasteiger charge is 2.62. The Kier molecular flexibility index (Phi) is 5.18. The van der Waals surface area contributed by atoms with Crippen molar-refractivity contribution in [2.45, 2.75) is 38.9 Å². The molecule has 114 valence electrons. The molecule has 0 aliphatic heterocycles. The second-order valence-electron chi connectivity index (χ2n) is 4.57. The third-order valence-corrected chi connectivity index (χ3v) is 3.86. The highest BCUT2D eigenvalue weighted by atomic mass is 79.9. The summed E-state index contributed by atoms with van der Waals surface area (Å²) in [6, 6.07) is 0.799. The molecule has 0 aliphatic carbocycles. The van der Waals surface area contributed by atoms with E-state index in [4.69, 9.17) is 0 Å². The summed E-state index contributed by atoms with van der Waals surface area (Å²) >= 11 is 3.23. The van der Waals surface area contributed by atoms with E-state index >= 15 is 0 Å². The highest BCUT2D eigenvalue weighted by molar-refractivity contribution is 9.10. The molecule has 0 fully saturated rings. The SMILES string of the molecule is CCNC(c1cc(C)c(Br)cc1C)C(F)(F)C(F)(F)F. The average Bonchev–Trinajstić information content (AvgIpc) is 2.29. The first kappa shape index (κ1) is 17.4. The van der Waals surface area contributed by atoms with Crippen molar-refractivity contribution in [2.24, 2.45) is 0 Å². The number of hydrogen-bond donors (Lipinski definition) is 1. The number of nitrogens with one attached hydrogen (secondary N) is 1. The molecule has 20 heavy (non-hydrogen) atoms. The largest absolute Gasteiger partial charge is 0.455 e. The standard InChI is InChI=1S/C13H15BrF5N/c1-4-20-11(12(15,16)13(17,18)19)9-5-8(3)10(14)6-7(9)2/h5-6,11,20H,4H2,1-3H3. The molecule has 1 nitrogen and oxygen atoms in total. The van der Waals surface area contributed by atoms with Crippen LogP contribution in [0, 0.1) is 13.8 Å². The summed E-state index contributed by atoms with van der Waals surface area (Å²) in [5.74, 6) is -4.84. The van der Waals surface area contributed by atoms with Crippen LogP contribution in [0.25, 0.3) is 0 Å². The van der Waals surface area contributed by atoms with Gasteiger partial charge in [0.15, 0.2) is 0 Å². The molecular formula is C13H15BrF5N. The molecule has 1 unspecified atom stereocenters. The molecule has 1 aromatic carbocycles. The van der Waals surface area contributed by atoms with Crippen molar-refractivity contribution >= 4 is 15.9 Å². The van der Waals surface area contributed by atoms with Crippen molar-refractivity contribution in [1.29, 1.82) is 0 Å². The zero-order valence-corrected chi connectivity index (χ0v) is 12.8. The Morgan fingerprint density at radius 2 is 1.65 bits per heavy atom. The summed E-state index contributed by atoms with van der Waals surface area (Å²) in [5, 5.41) is 2.25. The van der Waals surface area contributed by atoms with Gasteiger partial charge in [-0.3, -0.25) is 0 Å². The molecule has 1 N–H and O–H groups in total. The molecule has 0 saturated carbocycles. The van der Waals surface area contributed by atoms with Crippen LogP contribution in [-0.2, 0) is 0 Å². The van der Waals surface area contributed by atoms with E-state index in [1.807, 2.05) is 0 Å². The van der Waals surface area contributed by atoms with Gasteiger partial charge in [-0.1, -0.05) is 28.9 Å². The van der Waals surface area contributed by atoms with Gasteiger partial charge in [-0.05, 0) is 43.1 Å². The zero-order chi connectivity index (χ0) is 15.7. The van der Waals surface area contributed by atoms with Crippen LogP contribution in [-0.4, -0.2) is 18.6 Å². The van der Waals surface area contributed by atoms with Gasteiger partial charge in [0, 0.05) is 4.47 Å². The normalized spacial score (nSPS) is 14.4. The summed E-state index contributed by atoms with van der Waals surface area (Å²) in [6.45, 7) is 4.64. The summed E-state index contributed by atoms with van der Waals surface area (Å²) in [7, 11) is 0. The Morgan fingerprint density at radius 3 is 2.10 bits per heavy atom. The second-order valence-corrected chi connectivity index (χ2v) is 5.42. The Morgan fingerprint density at radius 1 is 1.10 bits per heavy atom. The third-order valence-electron chi connectivity index (χ3n) is 3.01. The lowest BCUT2D eigenvalue weighted by atomic mass is 9.94. The van der Waals surface area contributed by atoms with Crippen LogP contribution in [0.2, 0.25) is 0 Å². The minimum absolute atomic E-state index is 0.00485. The molecule has 0 aromatic heterocycles. The van der Waals surface area contributed by atoms with E-state index in [0.717, 1.165) is 0 Å². The van der Waals surface area contributed by atoms with Crippen LogP contribution >= 0.6 is 15.9 Å². The van der Waals surface area contributed by atoms with Crippen LogP contribution in [0.3, 0.4) is 0 Å². The Hall–Kier alpha value is -0.690. The maximum absolute atomic E-state index is 13.7. The summed E-state index contributed by atoms with van der Waals surface area (Å²) < 4.78 is 65.8. The molecule has 1 aromatic rings. The van der Waals surface area contributed by atoms with Gasteiger partial charge in [-0.15, -0.1) is 0 Å². The number of alkyl halides is 5. The lowest BCUT2D eigenvalue weighted by Crippen LogP contribution is -2.48. The van der Waals surface area contributed by atoms with E-state index in [2.05, 4.69) is 21.2 Å². The van der Waals surface area contributed by atoms with Gasteiger partial charge in [-0.2, -0.15) is 22.0 Å². The van der Waals surface area contributed by atoms with Crippen molar-refractivity contribution in [1.82, 2.24) is 5.32 Å². The minimum atomic E-state index is -5.60. The summed E-state index contributed by atoms with van der Waals surface area (Å²) in [5.41, 5.74) is 0.929. The number of aryl methyl sites for hydroxylation is 2. The number of rotatable bonds is 4. The maximum atomic E-state index is 13.7. The molecule has 0 heterocycles. The first-order valence-electron chi connectivity index (χ1n) is 5.97. The van der Waals surface area contributed by atoms with Gasteiger partial charge in [0.25, 0.3) is 0 Å². The lowest BCUT2D eigenvalue weighted by molar-refractivity contribution is -0.294. The molecule has 1 atom stereocenters. The topological polar surface area (TPSA) is 12.0 Å². The third kappa shape index (κ3) is 3.31. The average molecular weight is 360 g/mol. The summed E-state index contributed by atoms with van der Waals surface area (Å²) in [6.07, 6.45) is -5.60. The fourth-order valence-corrected chi connectivity index (χ4v) is 2.37. The second kappa shape index (κ2) is 5.97. The van der Waals surface area contributed by atoms with Gasteiger partial charge in [0.1, 0.15) is 6.04 Å². The van der Waals surface area contributed by atoms with E-state index in [1.165, 1.54) is 19.9 Å². The highest BCUT2D eigenvalue weighted by Crippen LogP contribution is 2.45. The van der Waals surface area contributed by atoms with Gasteiger partial charge in [-0.25, -0.2) is 0 Å². The Bertz CT molecular complexity index is 484. The smallest absolute Gasteiger partial charge is 0.305 e. The van der Waals surface area contributed by atoms with Gasteiger partial charge in [0.05, 0.1) is 0 Å². The van der Waals surface area contributed by atoms with Crippen LogP contribution in [0.5, 0.6) is 0 Å². The molecule has 0 radical (unpaired) electrons. The molecule has 0 amide bonds. The van der Waals surface area contributed by atoms with Crippen molar-refractivity contribution in [3.05, 3.63) is 33.3 Å². The first-order valence-corrected chi connectivity index (χ1v) is 6.76. The van der Waals surface area contributed by atoms with Gasteiger partial charge in [0.2, 0.25) is 0 Å². The van der Waals surface area contributed by atoms with Crippen molar-refractivity contribution < 1.29 is 22.0 Å². The first-order chi connectivity index (χ1) is 9.02. The van der Waals surface area contributed by atoms with Gasteiger partial charge >= 0.3 is 12.1 Å². The Labute approximate surface area is 122 Å². The predicted molar refractivity (Wildman–Crippen MR) is 71.0 cm³/mol. The van der Waals surface area contributed by atoms with E-state index in [9.17, 15) is 22.0 Å². The fourth-order valence-electron chi connectivity index (χ4n) is 1.92. The molecule has 0 saturated heterocycles. The van der Waals surface area contributed by atoms with Gasteiger partial charge < -0.3 is 5.32 Å². The molecule has 0 bridgehead atoms. The number of benzene rings is 1. The monoisotopic (exact) mass is 359 g/mol. The molecule has 0 aliphatic rings. The molecular weight excluding hydrogens is 345 g/mol. The Balaban J connectivity index is 3.39. The molecule has 0 spiro atoms. The van der Waals surface area contributed by atoms with E-state index < -0.39 is 18.1 Å². The fraction of sp³-hybridized carbons (Fsp3) is 0.538. The van der Waals surface area contributed by atoms with Crippen molar-refractivity contribution in [3.63, 3.8) is 0 Å². The lowest BCUT2D eigenvalue weighted by Gasteiger charge is -2.30. The maximum Gasteiger partial charge on any atom is 0.455 e. The predicted octanol–water partition coefficient (Wildman–Crippen LogP) is 4.91. The summed E-state index contributed by atoms with van der Waals surface area (Å²) in [4.78, 5) is 0. The quantitative estimate of drug-likeness (QED) is 0.752. The van der Waals surface area contributed by atoms with E-state index in [-0.39, 0.29) is 12.1 Å². The van der Waals surface area contributed by atoms with Crippen LogP contribution < -0.4 is 5.32 Å². The van der Waals surface area contributed by atoms with E-state index in [0.29, 0.717) is 15.6 Å².